The Bertz CT molecular complexity index is 1430. The molecular weight excluding hydrogens is 476 g/mol. The predicted molar refractivity (Wildman–Crippen MR) is 139 cm³/mol. The summed E-state index contributed by atoms with van der Waals surface area (Å²) in [4.78, 5) is 38.7. The third-order valence-corrected chi connectivity index (χ3v) is 7.87. The number of pyridine rings is 1. The van der Waals surface area contributed by atoms with E-state index in [1.165, 1.54) is 30.4 Å². The summed E-state index contributed by atoms with van der Waals surface area (Å²) in [5.41, 5.74) is 2.98. The largest absolute Gasteiger partial charge is 0.351 e. The van der Waals surface area contributed by atoms with Crippen molar-refractivity contribution in [3.63, 3.8) is 0 Å². The summed E-state index contributed by atoms with van der Waals surface area (Å²) in [6, 6.07) is 1.67. The number of amides is 2. The van der Waals surface area contributed by atoms with Gasteiger partial charge in [0.05, 0.1) is 45.6 Å². The summed E-state index contributed by atoms with van der Waals surface area (Å²) in [6.07, 6.45) is 11.0. The standard InChI is InChI=1S/C25H30N8O2S/c1-16-19(10-17(11-27-16)22(34)26-7-9-32-8-5-6-25(32,2)3)30-23(35)18-12-29-33-14-21(36-24(18)33)20-13-31(4)15-28-20/h10-15H,5-9H2,1-4H3,(H,26,34)(H,30,35). The van der Waals surface area contributed by atoms with E-state index in [4.69, 9.17) is 0 Å². The van der Waals surface area contributed by atoms with Crippen molar-refractivity contribution in [2.45, 2.75) is 39.2 Å². The van der Waals surface area contributed by atoms with Crippen molar-refractivity contribution >= 4 is 33.7 Å². The summed E-state index contributed by atoms with van der Waals surface area (Å²) >= 11 is 1.45. The zero-order valence-corrected chi connectivity index (χ0v) is 21.7. The maximum atomic E-state index is 13.1. The number of aryl methyl sites for hydroxylation is 2. The van der Waals surface area contributed by atoms with Gasteiger partial charge in [-0.2, -0.15) is 5.10 Å². The van der Waals surface area contributed by atoms with Crippen LogP contribution < -0.4 is 10.6 Å². The van der Waals surface area contributed by atoms with E-state index in [0.29, 0.717) is 29.1 Å². The SMILES string of the molecule is Cc1ncc(C(=O)NCCN2CCCC2(C)C)cc1NC(=O)c1cnn2cc(-c3cn(C)cn3)sc12. The van der Waals surface area contributed by atoms with E-state index < -0.39 is 0 Å². The highest BCUT2D eigenvalue weighted by molar-refractivity contribution is 7.21. The molecular formula is C25H30N8O2S. The van der Waals surface area contributed by atoms with Crippen molar-refractivity contribution in [2.24, 2.45) is 7.05 Å². The number of rotatable bonds is 7. The zero-order valence-electron chi connectivity index (χ0n) is 20.9. The minimum Gasteiger partial charge on any atom is -0.351 e. The Morgan fingerprint density at radius 3 is 2.72 bits per heavy atom. The fourth-order valence-electron chi connectivity index (χ4n) is 4.56. The predicted octanol–water partition coefficient (Wildman–Crippen LogP) is 3.36. The molecule has 188 valence electrons. The molecule has 4 aromatic heterocycles. The molecule has 0 spiro atoms. The van der Waals surface area contributed by atoms with Crippen molar-refractivity contribution in [2.75, 3.05) is 25.0 Å². The van der Waals surface area contributed by atoms with Crippen LogP contribution in [0, 0.1) is 6.92 Å². The van der Waals surface area contributed by atoms with Crippen LogP contribution in [0.25, 0.3) is 15.4 Å². The zero-order chi connectivity index (χ0) is 25.4. The number of nitrogens with zero attached hydrogens (tertiary/aromatic N) is 6. The molecule has 36 heavy (non-hydrogen) atoms. The minimum atomic E-state index is -0.307. The molecule has 0 saturated carbocycles. The lowest BCUT2D eigenvalue weighted by atomic mass is 10.0. The number of carbonyl (C=O) groups excluding carboxylic acids is 2. The molecule has 0 atom stereocenters. The number of hydrogen-bond donors (Lipinski definition) is 2. The lowest BCUT2D eigenvalue weighted by Gasteiger charge is -2.31. The van der Waals surface area contributed by atoms with E-state index in [2.05, 4.69) is 44.4 Å². The summed E-state index contributed by atoms with van der Waals surface area (Å²) in [5, 5.41) is 10.2. The third kappa shape index (κ3) is 4.76. The molecule has 0 bridgehead atoms. The molecule has 1 aliphatic heterocycles. The van der Waals surface area contributed by atoms with Gasteiger partial charge in [0.15, 0.2) is 0 Å². The highest BCUT2D eigenvalue weighted by Gasteiger charge is 2.31. The first-order valence-corrected chi connectivity index (χ1v) is 12.8. The van der Waals surface area contributed by atoms with Crippen LogP contribution in [-0.2, 0) is 7.05 Å². The lowest BCUT2D eigenvalue weighted by Crippen LogP contribution is -2.43. The Kier molecular flexibility index (Phi) is 6.35. The van der Waals surface area contributed by atoms with Crippen LogP contribution in [0.4, 0.5) is 5.69 Å². The Balaban J connectivity index is 1.27. The van der Waals surface area contributed by atoms with Crippen molar-refractivity contribution in [3.05, 3.63) is 54.0 Å². The van der Waals surface area contributed by atoms with Gasteiger partial charge in [0.1, 0.15) is 4.83 Å². The molecule has 10 nitrogen and oxygen atoms in total. The van der Waals surface area contributed by atoms with Gasteiger partial charge >= 0.3 is 0 Å². The van der Waals surface area contributed by atoms with Crippen molar-refractivity contribution in [1.29, 1.82) is 0 Å². The van der Waals surface area contributed by atoms with E-state index >= 15 is 0 Å². The van der Waals surface area contributed by atoms with Gasteiger partial charge in [-0.3, -0.25) is 19.5 Å². The van der Waals surface area contributed by atoms with Crippen molar-refractivity contribution in [1.82, 2.24) is 34.4 Å². The van der Waals surface area contributed by atoms with Crippen LogP contribution in [0.2, 0.25) is 0 Å². The van der Waals surface area contributed by atoms with Gasteiger partial charge in [-0.15, -0.1) is 11.3 Å². The monoisotopic (exact) mass is 506 g/mol. The second kappa shape index (κ2) is 9.47. The summed E-state index contributed by atoms with van der Waals surface area (Å²) < 4.78 is 3.55. The van der Waals surface area contributed by atoms with E-state index in [9.17, 15) is 9.59 Å². The summed E-state index contributed by atoms with van der Waals surface area (Å²) in [5.74, 6) is -0.515. The molecule has 1 aliphatic rings. The van der Waals surface area contributed by atoms with Gasteiger partial charge in [-0.1, -0.05) is 0 Å². The number of likely N-dealkylation sites (tertiary alicyclic amines) is 1. The van der Waals surface area contributed by atoms with Crippen LogP contribution in [0.1, 0.15) is 53.1 Å². The van der Waals surface area contributed by atoms with Gasteiger partial charge in [0.2, 0.25) is 0 Å². The Morgan fingerprint density at radius 2 is 2.00 bits per heavy atom. The smallest absolute Gasteiger partial charge is 0.260 e. The van der Waals surface area contributed by atoms with Gasteiger partial charge in [-0.25, -0.2) is 9.50 Å². The number of fused-ring (bicyclic) bond motifs is 1. The second-order valence-corrected chi connectivity index (χ2v) is 10.8. The molecule has 1 saturated heterocycles. The Labute approximate surface area is 213 Å². The summed E-state index contributed by atoms with van der Waals surface area (Å²) in [7, 11) is 1.91. The van der Waals surface area contributed by atoms with E-state index in [1.807, 2.05) is 24.0 Å². The molecule has 2 N–H and O–H groups in total. The molecule has 0 aliphatic carbocycles. The van der Waals surface area contributed by atoms with E-state index in [-0.39, 0.29) is 17.4 Å². The lowest BCUT2D eigenvalue weighted by molar-refractivity contribution is 0.0938. The van der Waals surface area contributed by atoms with Crippen LogP contribution in [-0.4, -0.2) is 66.0 Å². The van der Waals surface area contributed by atoms with Crippen LogP contribution in [0.3, 0.4) is 0 Å². The maximum absolute atomic E-state index is 13.1. The second-order valence-electron chi connectivity index (χ2n) is 9.80. The first kappa shape index (κ1) is 24.1. The molecule has 4 aromatic rings. The van der Waals surface area contributed by atoms with Crippen LogP contribution >= 0.6 is 11.3 Å². The Morgan fingerprint density at radius 1 is 1.17 bits per heavy atom. The first-order valence-electron chi connectivity index (χ1n) is 12.0. The minimum absolute atomic E-state index is 0.174. The van der Waals surface area contributed by atoms with Gasteiger partial charge < -0.3 is 15.2 Å². The highest BCUT2D eigenvalue weighted by atomic mass is 32.1. The number of nitrogens with one attached hydrogen (secondary N) is 2. The number of aromatic nitrogens is 5. The first-order chi connectivity index (χ1) is 17.2. The molecule has 1 fully saturated rings. The quantitative estimate of drug-likeness (QED) is 0.398. The average molecular weight is 507 g/mol. The third-order valence-electron chi connectivity index (χ3n) is 6.74. The van der Waals surface area contributed by atoms with Crippen LogP contribution in [0.5, 0.6) is 0 Å². The van der Waals surface area contributed by atoms with Gasteiger partial charge in [0.25, 0.3) is 11.8 Å². The normalized spacial score (nSPS) is 15.4. The van der Waals surface area contributed by atoms with Crippen molar-refractivity contribution in [3.8, 4) is 10.6 Å². The molecule has 2 amide bonds. The molecule has 0 radical (unpaired) electrons. The highest BCUT2D eigenvalue weighted by Crippen LogP contribution is 2.30. The average Bonchev–Trinajstić information content (AvgIpc) is 3.59. The molecule has 0 unspecified atom stereocenters. The Hall–Kier alpha value is -3.57. The van der Waals surface area contributed by atoms with Crippen LogP contribution in [0.15, 0.2) is 37.2 Å². The number of imidazole rings is 1. The van der Waals surface area contributed by atoms with Gasteiger partial charge in [-0.05, 0) is 46.2 Å². The van der Waals surface area contributed by atoms with Gasteiger partial charge in [0, 0.05) is 44.3 Å². The number of anilines is 1. The molecule has 11 heteroatoms. The molecule has 5 heterocycles. The van der Waals surface area contributed by atoms with E-state index in [0.717, 1.165) is 28.5 Å². The number of thiazole rings is 1. The number of carbonyl (C=O) groups is 2. The van der Waals surface area contributed by atoms with Crippen molar-refractivity contribution < 1.29 is 9.59 Å². The number of hydrogen-bond acceptors (Lipinski definition) is 7. The maximum Gasteiger partial charge on any atom is 0.260 e. The fraction of sp³-hybridized carbons (Fsp3) is 0.400. The molecule has 5 rings (SSSR count). The fourth-order valence-corrected chi connectivity index (χ4v) is 5.58. The topological polar surface area (TPSA) is 109 Å². The molecule has 0 aromatic carbocycles. The van der Waals surface area contributed by atoms with E-state index in [1.54, 1.807) is 30.0 Å². The summed E-state index contributed by atoms with van der Waals surface area (Å²) in [6.45, 7) is 8.70.